The molecule has 8 heteroatoms. The first-order valence-electron chi connectivity index (χ1n) is 8.05. The fraction of sp³-hybridized carbons (Fsp3) is 0.105. The maximum atomic E-state index is 13.3. The van der Waals surface area contributed by atoms with Crippen LogP contribution in [-0.2, 0) is 16.6 Å². The number of amides is 1. The highest BCUT2D eigenvalue weighted by Crippen LogP contribution is 2.19. The van der Waals surface area contributed by atoms with Crippen molar-refractivity contribution in [2.75, 3.05) is 4.72 Å². The van der Waals surface area contributed by atoms with E-state index in [0.29, 0.717) is 17.0 Å². The van der Waals surface area contributed by atoms with Crippen molar-refractivity contribution in [2.45, 2.75) is 18.4 Å². The van der Waals surface area contributed by atoms with Crippen molar-refractivity contribution in [1.82, 2.24) is 5.32 Å². The lowest BCUT2D eigenvalue weighted by molar-refractivity contribution is 0.0948. The summed E-state index contributed by atoms with van der Waals surface area (Å²) in [5.74, 6) is -0.156. The SMILES string of the molecule is Cc1cc(S(=O)(=O)Nc2ccc(C(=O)NCc3ccco3)cc2)ccc1F. The van der Waals surface area contributed by atoms with Crippen LogP contribution in [0.2, 0.25) is 0 Å². The van der Waals surface area contributed by atoms with Crippen LogP contribution in [0.4, 0.5) is 10.1 Å². The van der Waals surface area contributed by atoms with E-state index in [9.17, 15) is 17.6 Å². The third-order valence-electron chi connectivity index (χ3n) is 3.84. The van der Waals surface area contributed by atoms with Gasteiger partial charge >= 0.3 is 0 Å². The number of nitrogens with one attached hydrogen (secondary N) is 2. The van der Waals surface area contributed by atoms with Crippen molar-refractivity contribution in [3.8, 4) is 0 Å². The van der Waals surface area contributed by atoms with Crippen molar-refractivity contribution in [3.05, 3.63) is 83.6 Å². The highest BCUT2D eigenvalue weighted by molar-refractivity contribution is 7.92. The van der Waals surface area contributed by atoms with Crippen molar-refractivity contribution >= 4 is 21.6 Å². The molecule has 0 atom stereocenters. The van der Waals surface area contributed by atoms with Gasteiger partial charge in [-0.15, -0.1) is 0 Å². The van der Waals surface area contributed by atoms with Gasteiger partial charge in [0.05, 0.1) is 17.7 Å². The zero-order valence-electron chi connectivity index (χ0n) is 14.4. The van der Waals surface area contributed by atoms with Gasteiger partial charge in [0, 0.05) is 11.3 Å². The fourth-order valence-electron chi connectivity index (χ4n) is 2.37. The first-order valence-corrected chi connectivity index (χ1v) is 9.53. The predicted octanol–water partition coefficient (Wildman–Crippen LogP) is 3.46. The molecular weight excluding hydrogens is 371 g/mol. The van der Waals surface area contributed by atoms with Gasteiger partial charge in [0.15, 0.2) is 0 Å². The van der Waals surface area contributed by atoms with E-state index in [4.69, 9.17) is 4.42 Å². The first kappa shape index (κ1) is 18.7. The minimum Gasteiger partial charge on any atom is -0.467 e. The van der Waals surface area contributed by atoms with E-state index in [1.807, 2.05) is 0 Å². The molecule has 3 aromatic rings. The maximum Gasteiger partial charge on any atom is 0.261 e. The van der Waals surface area contributed by atoms with E-state index in [0.717, 1.165) is 6.07 Å². The molecule has 1 heterocycles. The predicted molar refractivity (Wildman–Crippen MR) is 98.3 cm³/mol. The molecule has 0 spiro atoms. The molecule has 1 aromatic heterocycles. The molecular formula is C19H17FN2O4S. The number of halogens is 1. The number of sulfonamides is 1. The lowest BCUT2D eigenvalue weighted by atomic mass is 10.2. The summed E-state index contributed by atoms with van der Waals surface area (Å²) in [6.07, 6.45) is 1.52. The van der Waals surface area contributed by atoms with E-state index in [2.05, 4.69) is 10.0 Å². The van der Waals surface area contributed by atoms with E-state index in [1.54, 1.807) is 12.1 Å². The molecule has 2 aromatic carbocycles. The van der Waals surface area contributed by atoms with Gasteiger partial charge in [-0.2, -0.15) is 0 Å². The average Bonchev–Trinajstić information content (AvgIpc) is 3.16. The van der Waals surface area contributed by atoms with Crippen LogP contribution in [0.3, 0.4) is 0 Å². The third kappa shape index (κ3) is 4.53. The Hall–Kier alpha value is -3.13. The molecule has 140 valence electrons. The molecule has 0 aliphatic rings. The molecule has 0 fully saturated rings. The summed E-state index contributed by atoms with van der Waals surface area (Å²) in [5.41, 5.74) is 0.906. The zero-order valence-corrected chi connectivity index (χ0v) is 15.2. The van der Waals surface area contributed by atoms with E-state index in [1.165, 1.54) is 49.6 Å². The molecule has 27 heavy (non-hydrogen) atoms. The Balaban J connectivity index is 1.67. The van der Waals surface area contributed by atoms with Gasteiger partial charge in [0.2, 0.25) is 0 Å². The average molecular weight is 388 g/mol. The number of hydrogen-bond acceptors (Lipinski definition) is 4. The molecule has 0 saturated heterocycles. The maximum absolute atomic E-state index is 13.3. The number of aryl methyl sites for hydroxylation is 1. The number of benzene rings is 2. The highest BCUT2D eigenvalue weighted by Gasteiger charge is 2.16. The standard InChI is InChI=1S/C19H17FN2O4S/c1-13-11-17(8-9-18(13)20)27(24,25)22-15-6-4-14(5-7-15)19(23)21-12-16-3-2-10-26-16/h2-11,22H,12H2,1H3,(H,21,23). The van der Waals surface area contributed by atoms with Gasteiger partial charge in [-0.3, -0.25) is 9.52 Å². The Morgan fingerprint density at radius 1 is 1.11 bits per heavy atom. The lowest BCUT2D eigenvalue weighted by Crippen LogP contribution is -2.22. The summed E-state index contributed by atoms with van der Waals surface area (Å²) >= 11 is 0. The molecule has 1 amide bonds. The first-order chi connectivity index (χ1) is 12.8. The zero-order chi connectivity index (χ0) is 19.4. The topological polar surface area (TPSA) is 88.4 Å². The second kappa shape index (κ2) is 7.63. The molecule has 6 nitrogen and oxygen atoms in total. The van der Waals surface area contributed by atoms with E-state index in [-0.39, 0.29) is 22.9 Å². The van der Waals surface area contributed by atoms with Gasteiger partial charge in [0.25, 0.3) is 15.9 Å². The molecule has 2 N–H and O–H groups in total. The second-order valence-electron chi connectivity index (χ2n) is 5.86. The summed E-state index contributed by atoms with van der Waals surface area (Å²) in [6.45, 7) is 1.74. The van der Waals surface area contributed by atoms with Crippen LogP contribution in [0.1, 0.15) is 21.7 Å². The molecule has 0 radical (unpaired) electrons. The van der Waals surface area contributed by atoms with Crippen molar-refractivity contribution in [1.29, 1.82) is 0 Å². The molecule has 0 bridgehead atoms. The Labute approximate surface area is 156 Å². The number of hydrogen-bond donors (Lipinski definition) is 2. The van der Waals surface area contributed by atoms with E-state index >= 15 is 0 Å². The minimum absolute atomic E-state index is 0.0401. The Morgan fingerprint density at radius 3 is 2.48 bits per heavy atom. The van der Waals surface area contributed by atoms with Crippen molar-refractivity contribution in [3.63, 3.8) is 0 Å². The molecule has 0 aliphatic carbocycles. The molecule has 0 aliphatic heterocycles. The number of rotatable bonds is 6. The monoisotopic (exact) mass is 388 g/mol. The molecule has 0 unspecified atom stereocenters. The normalized spacial score (nSPS) is 11.2. The van der Waals surface area contributed by atoms with Crippen LogP contribution >= 0.6 is 0 Å². The molecule has 0 saturated carbocycles. The number of anilines is 1. The van der Waals surface area contributed by atoms with Gasteiger partial charge in [0.1, 0.15) is 11.6 Å². The van der Waals surface area contributed by atoms with Crippen molar-refractivity contribution in [2.24, 2.45) is 0 Å². The largest absolute Gasteiger partial charge is 0.467 e. The quantitative estimate of drug-likeness (QED) is 0.677. The fourth-order valence-corrected chi connectivity index (χ4v) is 3.51. The van der Waals surface area contributed by atoms with Crippen molar-refractivity contribution < 1.29 is 22.0 Å². The summed E-state index contributed by atoms with van der Waals surface area (Å²) < 4.78 is 45.7. The van der Waals surface area contributed by atoms with E-state index < -0.39 is 15.8 Å². The lowest BCUT2D eigenvalue weighted by Gasteiger charge is -2.10. The number of carbonyl (C=O) groups excluding carboxylic acids is 1. The van der Waals surface area contributed by atoms with Crippen LogP contribution < -0.4 is 10.0 Å². The third-order valence-corrected chi connectivity index (χ3v) is 5.22. The van der Waals surface area contributed by atoms with Crippen LogP contribution in [0.25, 0.3) is 0 Å². The second-order valence-corrected chi connectivity index (χ2v) is 7.54. The van der Waals surface area contributed by atoms with Crippen LogP contribution in [0.5, 0.6) is 0 Å². The Morgan fingerprint density at radius 2 is 1.85 bits per heavy atom. The Bertz CT molecular complexity index is 1050. The number of carbonyl (C=O) groups is 1. The highest BCUT2D eigenvalue weighted by atomic mass is 32.2. The molecule has 3 rings (SSSR count). The summed E-state index contributed by atoms with van der Waals surface area (Å²) in [5, 5.41) is 2.70. The summed E-state index contributed by atoms with van der Waals surface area (Å²) in [6, 6.07) is 13.0. The Kier molecular flexibility index (Phi) is 5.27. The van der Waals surface area contributed by atoms with Crippen LogP contribution in [-0.4, -0.2) is 14.3 Å². The minimum atomic E-state index is -3.86. The van der Waals surface area contributed by atoms with Gasteiger partial charge in [-0.1, -0.05) is 0 Å². The number of furan rings is 1. The van der Waals surface area contributed by atoms with Gasteiger partial charge < -0.3 is 9.73 Å². The summed E-state index contributed by atoms with van der Waals surface area (Å²) in [4.78, 5) is 12.1. The smallest absolute Gasteiger partial charge is 0.261 e. The van der Waals surface area contributed by atoms with Crippen LogP contribution in [0.15, 0.2) is 70.2 Å². The van der Waals surface area contributed by atoms with Gasteiger partial charge in [-0.25, -0.2) is 12.8 Å². The van der Waals surface area contributed by atoms with Gasteiger partial charge in [-0.05, 0) is 67.1 Å². The summed E-state index contributed by atoms with van der Waals surface area (Å²) in [7, 11) is -3.86. The van der Waals surface area contributed by atoms with Crippen LogP contribution in [0, 0.1) is 12.7 Å².